The summed E-state index contributed by atoms with van der Waals surface area (Å²) >= 11 is 9.66. The molecule has 0 saturated carbocycles. The maximum absolute atomic E-state index is 9.88. The molecule has 1 fully saturated rings. The molecule has 2 atom stereocenters. The second kappa shape index (κ2) is 6.38. The Labute approximate surface area is 122 Å². The van der Waals surface area contributed by atoms with E-state index >= 15 is 0 Å². The molecule has 0 amide bonds. The van der Waals surface area contributed by atoms with Gasteiger partial charge in [-0.15, -0.1) is 0 Å². The first-order valence-corrected chi connectivity index (χ1v) is 7.61. The summed E-state index contributed by atoms with van der Waals surface area (Å²) in [6.45, 7) is 4.92. The molecule has 100 valence electrons. The van der Waals surface area contributed by atoms with Crippen LogP contribution in [-0.4, -0.2) is 29.2 Å². The highest BCUT2D eigenvalue weighted by atomic mass is 79.9. The van der Waals surface area contributed by atoms with Crippen molar-refractivity contribution in [3.05, 3.63) is 33.3 Å². The van der Waals surface area contributed by atoms with E-state index < -0.39 is 0 Å². The normalized spacial score (nSPS) is 25.3. The van der Waals surface area contributed by atoms with Gasteiger partial charge in [-0.05, 0) is 36.5 Å². The molecule has 0 spiro atoms. The van der Waals surface area contributed by atoms with Gasteiger partial charge in [0.1, 0.15) is 0 Å². The van der Waals surface area contributed by atoms with Crippen molar-refractivity contribution in [2.24, 2.45) is 5.92 Å². The molecule has 0 aromatic heterocycles. The average Bonchev–Trinajstić information content (AvgIpc) is 2.35. The molecule has 0 aliphatic carbocycles. The van der Waals surface area contributed by atoms with Crippen LogP contribution in [0.15, 0.2) is 22.7 Å². The Morgan fingerprint density at radius 2 is 2.28 bits per heavy atom. The Morgan fingerprint density at radius 3 is 2.94 bits per heavy atom. The molecule has 1 N–H and O–H groups in total. The first-order chi connectivity index (χ1) is 8.60. The van der Waals surface area contributed by atoms with Crippen molar-refractivity contribution in [1.29, 1.82) is 0 Å². The molecule has 1 saturated heterocycles. The van der Waals surface area contributed by atoms with E-state index in [0.29, 0.717) is 5.92 Å². The first kappa shape index (κ1) is 14.3. The van der Waals surface area contributed by atoms with E-state index in [1.807, 2.05) is 12.1 Å². The molecular weight excluding hydrogens is 314 g/mol. The zero-order valence-corrected chi connectivity index (χ0v) is 12.9. The van der Waals surface area contributed by atoms with Gasteiger partial charge in [-0.2, -0.15) is 0 Å². The van der Waals surface area contributed by atoms with Crippen molar-refractivity contribution in [3.8, 4) is 0 Å². The number of rotatable bonds is 3. The SMILES string of the molecule is CCC1CN(Cc2ccc(Br)cc2Cl)CCC1O. The quantitative estimate of drug-likeness (QED) is 0.912. The molecular formula is C14H19BrClNO. The predicted octanol–water partition coefficient (Wildman–Crippen LogP) is 3.70. The van der Waals surface area contributed by atoms with E-state index in [9.17, 15) is 5.11 Å². The minimum absolute atomic E-state index is 0.133. The number of aliphatic hydroxyl groups excluding tert-OH is 1. The predicted molar refractivity (Wildman–Crippen MR) is 78.8 cm³/mol. The number of hydrogen-bond acceptors (Lipinski definition) is 2. The van der Waals surface area contributed by atoms with E-state index in [-0.39, 0.29) is 6.10 Å². The van der Waals surface area contributed by atoms with Crippen molar-refractivity contribution < 1.29 is 5.11 Å². The number of nitrogens with zero attached hydrogens (tertiary/aromatic N) is 1. The smallest absolute Gasteiger partial charge is 0.0592 e. The van der Waals surface area contributed by atoms with Crippen LogP contribution in [0.2, 0.25) is 5.02 Å². The lowest BCUT2D eigenvalue weighted by molar-refractivity contribution is 0.0222. The summed E-state index contributed by atoms with van der Waals surface area (Å²) in [5, 5.41) is 10.7. The third kappa shape index (κ3) is 3.47. The van der Waals surface area contributed by atoms with Crippen LogP contribution in [-0.2, 0) is 6.54 Å². The Kier molecular flexibility index (Phi) is 5.07. The molecule has 0 radical (unpaired) electrons. The second-order valence-electron chi connectivity index (χ2n) is 5.00. The summed E-state index contributed by atoms with van der Waals surface area (Å²) in [6.07, 6.45) is 1.77. The Hall–Kier alpha value is -0.0900. The molecule has 1 aromatic carbocycles. The van der Waals surface area contributed by atoms with Gasteiger partial charge in [-0.1, -0.05) is 40.5 Å². The van der Waals surface area contributed by atoms with Gasteiger partial charge in [0, 0.05) is 29.1 Å². The summed E-state index contributed by atoms with van der Waals surface area (Å²) < 4.78 is 1.01. The fourth-order valence-electron chi connectivity index (χ4n) is 2.53. The van der Waals surface area contributed by atoms with Crippen LogP contribution in [0, 0.1) is 5.92 Å². The second-order valence-corrected chi connectivity index (χ2v) is 6.32. The van der Waals surface area contributed by atoms with Crippen LogP contribution in [0.4, 0.5) is 0 Å². The molecule has 1 aliphatic heterocycles. The van der Waals surface area contributed by atoms with Crippen molar-refractivity contribution in [3.63, 3.8) is 0 Å². The minimum atomic E-state index is -0.133. The van der Waals surface area contributed by atoms with Gasteiger partial charge in [0.2, 0.25) is 0 Å². The number of halogens is 2. The fourth-order valence-corrected chi connectivity index (χ4v) is 3.26. The molecule has 1 aliphatic rings. The highest BCUT2D eigenvalue weighted by molar-refractivity contribution is 9.10. The van der Waals surface area contributed by atoms with Crippen molar-refractivity contribution in [2.75, 3.05) is 13.1 Å². The average molecular weight is 333 g/mol. The number of hydrogen-bond donors (Lipinski definition) is 1. The summed E-state index contributed by atoms with van der Waals surface area (Å²) in [5.74, 6) is 0.396. The maximum atomic E-state index is 9.88. The molecule has 2 unspecified atom stereocenters. The van der Waals surface area contributed by atoms with Gasteiger partial charge in [0.15, 0.2) is 0 Å². The van der Waals surface area contributed by atoms with Crippen LogP contribution in [0.1, 0.15) is 25.3 Å². The van der Waals surface area contributed by atoms with Crippen molar-refractivity contribution in [2.45, 2.75) is 32.4 Å². The van der Waals surface area contributed by atoms with Gasteiger partial charge >= 0.3 is 0 Å². The van der Waals surface area contributed by atoms with E-state index in [1.165, 1.54) is 0 Å². The molecule has 2 rings (SSSR count). The maximum Gasteiger partial charge on any atom is 0.0592 e. The van der Waals surface area contributed by atoms with E-state index in [2.05, 4.69) is 33.8 Å². The standard InChI is InChI=1S/C14H19BrClNO/c1-2-10-8-17(6-5-14(10)18)9-11-3-4-12(15)7-13(11)16/h3-4,7,10,14,18H,2,5-6,8-9H2,1H3. The largest absolute Gasteiger partial charge is 0.393 e. The molecule has 1 aromatic rings. The monoisotopic (exact) mass is 331 g/mol. The van der Waals surface area contributed by atoms with Crippen molar-refractivity contribution in [1.82, 2.24) is 4.90 Å². The zero-order valence-electron chi connectivity index (χ0n) is 10.6. The summed E-state index contributed by atoms with van der Waals surface area (Å²) in [7, 11) is 0. The highest BCUT2D eigenvalue weighted by Gasteiger charge is 2.26. The highest BCUT2D eigenvalue weighted by Crippen LogP contribution is 2.26. The van der Waals surface area contributed by atoms with Gasteiger partial charge < -0.3 is 5.11 Å². The third-order valence-electron chi connectivity index (χ3n) is 3.71. The first-order valence-electron chi connectivity index (χ1n) is 6.44. The topological polar surface area (TPSA) is 23.5 Å². The van der Waals surface area contributed by atoms with Gasteiger partial charge in [0.25, 0.3) is 0 Å². The van der Waals surface area contributed by atoms with Gasteiger partial charge in [-0.25, -0.2) is 0 Å². The van der Waals surface area contributed by atoms with Crippen LogP contribution < -0.4 is 0 Å². The van der Waals surface area contributed by atoms with Gasteiger partial charge in [-0.3, -0.25) is 4.90 Å². The zero-order chi connectivity index (χ0) is 13.1. The molecule has 18 heavy (non-hydrogen) atoms. The van der Waals surface area contributed by atoms with Gasteiger partial charge in [0.05, 0.1) is 6.10 Å². The molecule has 2 nitrogen and oxygen atoms in total. The lowest BCUT2D eigenvalue weighted by atomic mass is 9.92. The Bertz CT molecular complexity index is 413. The number of piperidine rings is 1. The lowest BCUT2D eigenvalue weighted by Gasteiger charge is -2.35. The Morgan fingerprint density at radius 1 is 1.50 bits per heavy atom. The van der Waals surface area contributed by atoms with E-state index in [4.69, 9.17) is 11.6 Å². The van der Waals surface area contributed by atoms with E-state index in [1.54, 1.807) is 0 Å². The minimum Gasteiger partial charge on any atom is -0.393 e. The third-order valence-corrected chi connectivity index (χ3v) is 4.56. The van der Waals surface area contributed by atoms with Crippen LogP contribution in [0.25, 0.3) is 0 Å². The number of benzene rings is 1. The molecule has 0 bridgehead atoms. The summed E-state index contributed by atoms with van der Waals surface area (Å²) in [5.41, 5.74) is 1.16. The molecule has 1 heterocycles. The number of likely N-dealkylation sites (tertiary alicyclic amines) is 1. The van der Waals surface area contributed by atoms with Crippen LogP contribution in [0.3, 0.4) is 0 Å². The Balaban J connectivity index is 2.01. The van der Waals surface area contributed by atoms with Crippen LogP contribution in [0.5, 0.6) is 0 Å². The summed E-state index contributed by atoms with van der Waals surface area (Å²) in [4.78, 5) is 2.38. The van der Waals surface area contributed by atoms with Crippen molar-refractivity contribution >= 4 is 27.5 Å². The van der Waals surface area contributed by atoms with E-state index in [0.717, 1.165) is 47.5 Å². The fraction of sp³-hybridized carbons (Fsp3) is 0.571. The number of aliphatic hydroxyl groups is 1. The molecule has 4 heteroatoms. The van der Waals surface area contributed by atoms with Crippen LogP contribution >= 0.6 is 27.5 Å². The lowest BCUT2D eigenvalue weighted by Crippen LogP contribution is -2.42. The summed E-state index contributed by atoms with van der Waals surface area (Å²) in [6, 6.07) is 6.03.